The molecule has 0 fully saturated rings. The van der Waals surface area contributed by atoms with Crippen LogP contribution in [0.2, 0.25) is 0 Å². The third-order valence-electron chi connectivity index (χ3n) is 4.98. The van der Waals surface area contributed by atoms with Gasteiger partial charge in [0.25, 0.3) is 15.6 Å². The van der Waals surface area contributed by atoms with Gasteiger partial charge < -0.3 is 5.32 Å². The van der Waals surface area contributed by atoms with Gasteiger partial charge in [0.2, 0.25) is 11.9 Å². The zero-order valence-corrected chi connectivity index (χ0v) is 19.6. The summed E-state index contributed by atoms with van der Waals surface area (Å²) < 4.78 is 28.6. The molecule has 0 saturated heterocycles. The quantitative estimate of drug-likeness (QED) is 0.400. The van der Waals surface area contributed by atoms with Crippen LogP contribution in [0.4, 0.5) is 11.6 Å². The summed E-state index contributed by atoms with van der Waals surface area (Å²) in [5.74, 6) is -0.535. The Morgan fingerprint density at radius 2 is 1.80 bits per heavy atom. The Bertz CT molecular complexity index is 1520. The van der Waals surface area contributed by atoms with E-state index in [4.69, 9.17) is 0 Å². The molecular formula is C23H21N7O4S. The molecule has 0 aliphatic carbocycles. The fourth-order valence-corrected chi connectivity index (χ4v) is 4.07. The van der Waals surface area contributed by atoms with Gasteiger partial charge in [-0.25, -0.2) is 27.8 Å². The van der Waals surface area contributed by atoms with E-state index < -0.39 is 27.5 Å². The lowest BCUT2D eigenvalue weighted by Gasteiger charge is -2.15. The van der Waals surface area contributed by atoms with Crippen LogP contribution in [-0.2, 0) is 14.8 Å². The Hall–Kier alpha value is -4.45. The number of aryl methyl sites for hydroxylation is 1. The van der Waals surface area contributed by atoms with Crippen LogP contribution in [0.15, 0.2) is 82.9 Å². The maximum atomic E-state index is 12.8. The van der Waals surface area contributed by atoms with E-state index in [1.807, 2.05) is 0 Å². The summed E-state index contributed by atoms with van der Waals surface area (Å²) >= 11 is 0. The SMILES string of the molecule is Cc1ccnc(NS(=O)(=O)c2ccc(NC(=O)C(C)n3nc(-c4cccnc4)ccc3=O)cc2)n1. The minimum absolute atomic E-state index is 0.0317. The van der Waals surface area contributed by atoms with Gasteiger partial charge in [-0.05, 0) is 62.4 Å². The van der Waals surface area contributed by atoms with Gasteiger partial charge >= 0.3 is 0 Å². The second-order valence-corrected chi connectivity index (χ2v) is 9.24. The van der Waals surface area contributed by atoms with E-state index in [1.54, 1.807) is 50.5 Å². The highest BCUT2D eigenvalue weighted by Crippen LogP contribution is 2.18. The zero-order chi connectivity index (χ0) is 25.0. The molecule has 0 radical (unpaired) electrons. The molecule has 1 unspecified atom stereocenters. The fourth-order valence-electron chi connectivity index (χ4n) is 3.12. The maximum Gasteiger partial charge on any atom is 0.267 e. The molecule has 1 aromatic carbocycles. The third kappa shape index (κ3) is 5.55. The molecule has 0 aliphatic rings. The molecule has 0 saturated carbocycles. The minimum Gasteiger partial charge on any atom is -0.324 e. The number of hydrogen-bond acceptors (Lipinski definition) is 8. The van der Waals surface area contributed by atoms with Gasteiger partial charge in [0, 0.05) is 41.6 Å². The van der Waals surface area contributed by atoms with Crippen LogP contribution in [0.5, 0.6) is 0 Å². The predicted molar refractivity (Wildman–Crippen MR) is 129 cm³/mol. The first kappa shape index (κ1) is 23.7. The van der Waals surface area contributed by atoms with Crippen molar-refractivity contribution in [3.05, 3.63) is 89.2 Å². The fraction of sp³-hybridized carbons (Fsp3) is 0.130. The first-order valence-electron chi connectivity index (χ1n) is 10.5. The molecule has 1 amide bonds. The average molecular weight is 492 g/mol. The van der Waals surface area contributed by atoms with E-state index in [0.29, 0.717) is 22.6 Å². The highest BCUT2D eigenvalue weighted by molar-refractivity contribution is 7.92. The largest absolute Gasteiger partial charge is 0.324 e. The van der Waals surface area contributed by atoms with Gasteiger partial charge in [0.15, 0.2) is 0 Å². The smallest absolute Gasteiger partial charge is 0.267 e. The number of pyridine rings is 1. The molecule has 11 nitrogen and oxygen atoms in total. The number of amides is 1. The number of anilines is 2. The first-order valence-corrected chi connectivity index (χ1v) is 11.9. The summed E-state index contributed by atoms with van der Waals surface area (Å²) in [5.41, 5.74) is 1.73. The normalized spacial score (nSPS) is 12.1. The van der Waals surface area contributed by atoms with E-state index in [2.05, 4.69) is 30.1 Å². The summed E-state index contributed by atoms with van der Waals surface area (Å²) in [6.45, 7) is 3.26. The molecule has 3 aromatic heterocycles. The van der Waals surface area contributed by atoms with Crippen molar-refractivity contribution in [2.24, 2.45) is 0 Å². The standard InChI is InChI=1S/C23H21N7O4S/c1-15-11-13-25-23(26-15)29-35(33,34)19-7-5-18(6-8-19)27-22(32)16(2)30-21(31)10-9-20(28-30)17-4-3-12-24-14-17/h3-14,16H,1-2H3,(H,27,32)(H,25,26,29). The van der Waals surface area contributed by atoms with Crippen molar-refractivity contribution in [1.82, 2.24) is 24.7 Å². The van der Waals surface area contributed by atoms with Crippen LogP contribution in [0.3, 0.4) is 0 Å². The molecular weight excluding hydrogens is 470 g/mol. The summed E-state index contributed by atoms with van der Waals surface area (Å²) in [4.78, 5) is 37.1. The Morgan fingerprint density at radius 1 is 1.03 bits per heavy atom. The minimum atomic E-state index is -3.92. The van der Waals surface area contributed by atoms with Crippen molar-refractivity contribution in [3.8, 4) is 11.3 Å². The molecule has 178 valence electrons. The number of hydrogen-bond donors (Lipinski definition) is 2. The topological polar surface area (TPSA) is 149 Å². The number of sulfonamides is 1. The molecule has 1 atom stereocenters. The van der Waals surface area contributed by atoms with Gasteiger partial charge in [-0.15, -0.1) is 0 Å². The van der Waals surface area contributed by atoms with E-state index in [1.165, 1.54) is 36.5 Å². The van der Waals surface area contributed by atoms with Crippen LogP contribution in [0.1, 0.15) is 18.7 Å². The van der Waals surface area contributed by atoms with Gasteiger partial charge in [0.1, 0.15) is 6.04 Å². The molecule has 2 N–H and O–H groups in total. The third-order valence-corrected chi connectivity index (χ3v) is 6.33. The molecule has 4 aromatic rings. The molecule has 3 heterocycles. The van der Waals surface area contributed by atoms with Gasteiger partial charge in [-0.1, -0.05) is 0 Å². The van der Waals surface area contributed by atoms with Crippen LogP contribution in [-0.4, -0.2) is 39.1 Å². The van der Waals surface area contributed by atoms with Crippen LogP contribution < -0.4 is 15.6 Å². The van der Waals surface area contributed by atoms with Crippen molar-refractivity contribution in [2.45, 2.75) is 24.8 Å². The van der Waals surface area contributed by atoms with Crippen molar-refractivity contribution in [3.63, 3.8) is 0 Å². The summed E-state index contributed by atoms with van der Waals surface area (Å²) in [7, 11) is -3.92. The monoisotopic (exact) mass is 491 g/mol. The van der Waals surface area contributed by atoms with Gasteiger partial charge in [-0.2, -0.15) is 5.10 Å². The molecule has 0 aliphatic heterocycles. The van der Waals surface area contributed by atoms with Crippen LogP contribution in [0, 0.1) is 6.92 Å². The van der Waals surface area contributed by atoms with Crippen molar-refractivity contribution < 1.29 is 13.2 Å². The number of carbonyl (C=O) groups excluding carboxylic acids is 1. The van der Waals surface area contributed by atoms with Gasteiger partial charge in [-0.3, -0.25) is 14.6 Å². The number of nitrogens with one attached hydrogen (secondary N) is 2. The number of rotatable bonds is 7. The summed E-state index contributed by atoms with van der Waals surface area (Å²) in [6, 6.07) is 12.7. The number of carbonyl (C=O) groups is 1. The predicted octanol–water partition coefficient (Wildman–Crippen LogP) is 2.40. The van der Waals surface area contributed by atoms with Crippen molar-refractivity contribution in [1.29, 1.82) is 0 Å². The van der Waals surface area contributed by atoms with E-state index in [9.17, 15) is 18.0 Å². The van der Waals surface area contributed by atoms with Crippen molar-refractivity contribution in [2.75, 3.05) is 10.0 Å². The number of benzene rings is 1. The van der Waals surface area contributed by atoms with Gasteiger partial charge in [0.05, 0.1) is 10.6 Å². The first-order chi connectivity index (χ1) is 16.7. The van der Waals surface area contributed by atoms with E-state index in [0.717, 1.165) is 4.68 Å². The Kier molecular flexibility index (Phi) is 6.64. The van der Waals surface area contributed by atoms with E-state index >= 15 is 0 Å². The highest BCUT2D eigenvalue weighted by Gasteiger charge is 2.20. The molecule has 4 rings (SSSR count). The van der Waals surface area contributed by atoms with Crippen LogP contribution in [0.25, 0.3) is 11.3 Å². The summed E-state index contributed by atoms with van der Waals surface area (Å²) in [5, 5.41) is 6.97. The zero-order valence-electron chi connectivity index (χ0n) is 18.8. The van der Waals surface area contributed by atoms with E-state index in [-0.39, 0.29) is 10.8 Å². The Morgan fingerprint density at radius 3 is 2.49 bits per heavy atom. The second kappa shape index (κ2) is 9.81. The van der Waals surface area contributed by atoms with Crippen LogP contribution >= 0.6 is 0 Å². The number of nitrogens with zero attached hydrogens (tertiary/aromatic N) is 5. The second-order valence-electron chi connectivity index (χ2n) is 7.56. The summed E-state index contributed by atoms with van der Waals surface area (Å²) in [6.07, 6.45) is 4.68. The van der Waals surface area contributed by atoms with Crippen molar-refractivity contribution >= 4 is 27.6 Å². The molecule has 0 bridgehead atoms. The molecule has 35 heavy (non-hydrogen) atoms. The Labute approximate surface area is 201 Å². The number of aromatic nitrogens is 5. The average Bonchev–Trinajstić information content (AvgIpc) is 2.84. The highest BCUT2D eigenvalue weighted by atomic mass is 32.2. The lowest BCUT2D eigenvalue weighted by Crippen LogP contribution is -2.33. The molecule has 12 heteroatoms. The Balaban J connectivity index is 1.48. The molecule has 0 spiro atoms. The maximum absolute atomic E-state index is 12.8. The lowest BCUT2D eigenvalue weighted by atomic mass is 10.2. The lowest BCUT2D eigenvalue weighted by molar-refractivity contribution is -0.119.